The average molecular weight is 611 g/mol. The van der Waals surface area contributed by atoms with E-state index in [2.05, 4.69) is 32.0 Å². The van der Waals surface area contributed by atoms with Crippen molar-refractivity contribution in [3.63, 3.8) is 0 Å². The van der Waals surface area contributed by atoms with Crippen molar-refractivity contribution in [2.24, 2.45) is 0 Å². The molecule has 0 amide bonds. The van der Waals surface area contributed by atoms with E-state index in [-0.39, 0.29) is 56.3 Å². The van der Waals surface area contributed by atoms with Gasteiger partial charge < -0.3 is 4.55 Å². The summed E-state index contributed by atoms with van der Waals surface area (Å²) in [6.07, 6.45) is 30.6. The second-order valence-electron chi connectivity index (χ2n) is 12.2. The topological polar surface area (TPSA) is 57.2 Å². The summed E-state index contributed by atoms with van der Waals surface area (Å²) in [6, 6.07) is 9.69. The van der Waals surface area contributed by atoms with E-state index in [0.29, 0.717) is 0 Å². The number of rotatable bonds is 25. The SMILES string of the molecule is CCCCCCCCCCCCCc1ccc2c(CCCCCCCCCCCCC)cc(S(=O)(=O)[O-])cc2c1.[K+]. The molecule has 0 saturated heterocycles. The third-order valence-corrected chi connectivity index (χ3v) is 9.30. The minimum Gasteiger partial charge on any atom is -0.744 e. The molecule has 0 unspecified atom stereocenters. The van der Waals surface area contributed by atoms with Crippen LogP contribution in [0.15, 0.2) is 35.2 Å². The van der Waals surface area contributed by atoms with Crippen molar-refractivity contribution in [2.75, 3.05) is 0 Å². The molecular weight excluding hydrogens is 552 g/mol. The van der Waals surface area contributed by atoms with E-state index in [1.807, 2.05) is 0 Å². The molecule has 228 valence electrons. The molecule has 0 bridgehead atoms. The summed E-state index contributed by atoms with van der Waals surface area (Å²) in [5.74, 6) is 0. The molecule has 0 heterocycles. The van der Waals surface area contributed by atoms with Gasteiger partial charge in [-0.15, -0.1) is 0 Å². The van der Waals surface area contributed by atoms with Crippen LogP contribution in [0.5, 0.6) is 0 Å². The van der Waals surface area contributed by atoms with Crippen LogP contribution in [0.4, 0.5) is 0 Å². The minimum atomic E-state index is -4.47. The zero-order valence-electron chi connectivity index (χ0n) is 27.0. The van der Waals surface area contributed by atoms with Crippen LogP contribution in [0, 0.1) is 0 Å². The van der Waals surface area contributed by atoms with E-state index in [1.54, 1.807) is 12.1 Å². The van der Waals surface area contributed by atoms with Gasteiger partial charge in [-0.1, -0.05) is 160 Å². The van der Waals surface area contributed by atoms with Gasteiger partial charge in [0.1, 0.15) is 10.1 Å². The van der Waals surface area contributed by atoms with Gasteiger partial charge in [-0.2, -0.15) is 0 Å². The Balaban J connectivity index is 0.00000840. The van der Waals surface area contributed by atoms with Gasteiger partial charge in [-0.3, -0.25) is 0 Å². The second kappa shape index (κ2) is 24.6. The van der Waals surface area contributed by atoms with Crippen LogP contribution in [-0.2, 0) is 23.0 Å². The van der Waals surface area contributed by atoms with Gasteiger partial charge in [0, 0.05) is 0 Å². The van der Waals surface area contributed by atoms with Crippen molar-refractivity contribution in [1.82, 2.24) is 0 Å². The summed E-state index contributed by atoms with van der Waals surface area (Å²) in [7, 11) is -4.47. The van der Waals surface area contributed by atoms with Crippen molar-refractivity contribution >= 4 is 20.9 Å². The Kier molecular flexibility index (Phi) is 23.5. The number of benzene rings is 2. The van der Waals surface area contributed by atoms with Gasteiger partial charge in [0.25, 0.3) is 0 Å². The summed E-state index contributed by atoms with van der Waals surface area (Å²) in [5.41, 5.74) is 2.24. The zero-order valence-corrected chi connectivity index (χ0v) is 30.9. The van der Waals surface area contributed by atoms with Crippen LogP contribution >= 0.6 is 0 Å². The van der Waals surface area contributed by atoms with Gasteiger partial charge >= 0.3 is 51.4 Å². The first kappa shape index (κ1) is 39.3. The molecule has 0 aliphatic rings. The van der Waals surface area contributed by atoms with Crippen molar-refractivity contribution in [3.05, 3.63) is 41.5 Å². The quantitative estimate of drug-likeness (QED) is 0.0644. The van der Waals surface area contributed by atoms with Crippen molar-refractivity contribution < 1.29 is 64.4 Å². The first-order valence-electron chi connectivity index (χ1n) is 17.0. The predicted octanol–water partition coefficient (Wildman–Crippen LogP) is 8.45. The van der Waals surface area contributed by atoms with Gasteiger partial charge in [-0.05, 0) is 59.7 Å². The van der Waals surface area contributed by atoms with Crippen LogP contribution in [0.3, 0.4) is 0 Å². The van der Waals surface area contributed by atoms with Crippen LogP contribution in [0.25, 0.3) is 10.8 Å². The van der Waals surface area contributed by atoms with E-state index >= 15 is 0 Å². The monoisotopic (exact) mass is 610 g/mol. The largest absolute Gasteiger partial charge is 1.00 e. The third-order valence-electron chi connectivity index (χ3n) is 8.48. The summed E-state index contributed by atoms with van der Waals surface area (Å²) in [6.45, 7) is 4.53. The van der Waals surface area contributed by atoms with E-state index in [9.17, 15) is 13.0 Å². The normalized spacial score (nSPS) is 11.7. The molecule has 0 fully saturated rings. The minimum absolute atomic E-state index is 0. The van der Waals surface area contributed by atoms with Gasteiger partial charge in [0.2, 0.25) is 0 Å². The zero-order chi connectivity index (χ0) is 28.9. The summed E-state index contributed by atoms with van der Waals surface area (Å²) in [4.78, 5) is -0.0788. The Labute approximate surface area is 296 Å². The molecular formula is C36H59KO3S. The molecule has 0 saturated carbocycles. The van der Waals surface area contributed by atoms with Crippen LogP contribution < -0.4 is 51.4 Å². The number of fused-ring (bicyclic) bond motifs is 1. The Morgan fingerprint density at radius 1 is 0.537 bits per heavy atom. The molecule has 41 heavy (non-hydrogen) atoms. The van der Waals surface area contributed by atoms with Gasteiger partial charge in [-0.25, -0.2) is 8.42 Å². The fourth-order valence-electron chi connectivity index (χ4n) is 5.95. The molecule has 0 aromatic heterocycles. The van der Waals surface area contributed by atoms with Gasteiger partial charge in [0.05, 0.1) is 4.90 Å². The summed E-state index contributed by atoms with van der Waals surface area (Å²) in [5, 5.41) is 2.00. The number of aryl methyl sites for hydroxylation is 2. The predicted molar refractivity (Wildman–Crippen MR) is 172 cm³/mol. The molecule has 0 radical (unpaired) electrons. The van der Waals surface area contributed by atoms with Crippen molar-refractivity contribution in [1.29, 1.82) is 0 Å². The van der Waals surface area contributed by atoms with Crippen LogP contribution in [-0.4, -0.2) is 13.0 Å². The Hall–Kier alpha value is 0.246. The molecule has 3 nitrogen and oxygen atoms in total. The average Bonchev–Trinajstić information content (AvgIpc) is 2.93. The molecule has 0 N–H and O–H groups in total. The fourth-order valence-corrected chi connectivity index (χ4v) is 6.51. The maximum absolute atomic E-state index is 11.9. The Morgan fingerprint density at radius 2 is 0.951 bits per heavy atom. The summed E-state index contributed by atoms with van der Waals surface area (Å²) >= 11 is 0. The molecule has 0 aliphatic carbocycles. The molecule has 0 atom stereocenters. The van der Waals surface area contributed by atoms with E-state index in [1.165, 1.54) is 128 Å². The van der Waals surface area contributed by atoms with Gasteiger partial charge in [0.15, 0.2) is 0 Å². The first-order chi connectivity index (χ1) is 19.5. The van der Waals surface area contributed by atoms with E-state index in [4.69, 9.17) is 0 Å². The molecule has 2 rings (SSSR count). The van der Waals surface area contributed by atoms with Crippen LogP contribution in [0.1, 0.15) is 166 Å². The number of unbranched alkanes of at least 4 members (excludes halogenated alkanes) is 20. The fraction of sp³-hybridized carbons (Fsp3) is 0.722. The molecule has 0 aliphatic heterocycles. The van der Waals surface area contributed by atoms with E-state index < -0.39 is 10.1 Å². The van der Waals surface area contributed by atoms with Crippen molar-refractivity contribution in [2.45, 2.75) is 173 Å². The number of hydrogen-bond donors (Lipinski definition) is 0. The Morgan fingerprint density at radius 3 is 1.39 bits per heavy atom. The van der Waals surface area contributed by atoms with Crippen LogP contribution in [0.2, 0.25) is 0 Å². The number of hydrogen-bond acceptors (Lipinski definition) is 3. The maximum Gasteiger partial charge on any atom is 1.00 e. The standard InChI is InChI=1S/C36H60O3S.K/c1-3-5-7-9-11-13-15-17-19-21-23-25-32-27-28-36-33(30-35(40(37,38)39)31-34(36)29-32)26-24-22-20-18-16-14-12-10-8-6-4-2;/h27-31H,3-26H2,1-2H3,(H,37,38,39);/q;+1/p-1. The smallest absolute Gasteiger partial charge is 0.744 e. The third kappa shape index (κ3) is 18.0. The first-order valence-corrected chi connectivity index (χ1v) is 18.4. The molecule has 2 aromatic carbocycles. The second-order valence-corrected chi connectivity index (χ2v) is 13.5. The Bertz CT molecular complexity index is 1030. The molecule has 0 spiro atoms. The van der Waals surface area contributed by atoms with E-state index in [0.717, 1.165) is 48.4 Å². The summed E-state index contributed by atoms with van der Waals surface area (Å²) < 4.78 is 35.7. The molecule has 2 aromatic rings. The molecule has 5 heteroatoms. The van der Waals surface area contributed by atoms with Crippen molar-refractivity contribution in [3.8, 4) is 0 Å². The maximum atomic E-state index is 11.9.